The van der Waals surface area contributed by atoms with E-state index in [1.165, 1.54) is 23.5 Å². The Kier molecular flexibility index (Phi) is 6.27. The van der Waals surface area contributed by atoms with E-state index >= 15 is 0 Å². The van der Waals surface area contributed by atoms with Crippen molar-refractivity contribution >= 4 is 28.8 Å². The van der Waals surface area contributed by atoms with Crippen LogP contribution in [0.5, 0.6) is 0 Å². The number of hydrogen-bond donors (Lipinski definition) is 2. The van der Waals surface area contributed by atoms with Crippen molar-refractivity contribution in [3.63, 3.8) is 0 Å². The molecule has 3 rings (SSSR count). The number of nitrogens with one attached hydrogen (secondary N) is 2. The Morgan fingerprint density at radius 1 is 1.00 bits per heavy atom. The van der Waals surface area contributed by atoms with E-state index in [9.17, 15) is 14.0 Å². The first-order valence-electron chi connectivity index (χ1n) is 8.42. The van der Waals surface area contributed by atoms with Gasteiger partial charge < -0.3 is 10.6 Å². The molecule has 7 heteroatoms. The number of rotatable bonds is 7. The molecule has 5 nitrogen and oxygen atoms in total. The van der Waals surface area contributed by atoms with Crippen LogP contribution in [0.3, 0.4) is 0 Å². The summed E-state index contributed by atoms with van der Waals surface area (Å²) in [7, 11) is 0. The van der Waals surface area contributed by atoms with Crippen LogP contribution in [-0.4, -0.2) is 23.3 Å². The molecule has 0 fully saturated rings. The topological polar surface area (TPSA) is 71.1 Å². The van der Waals surface area contributed by atoms with Crippen LogP contribution in [-0.2, 0) is 16.0 Å². The maximum Gasteiger partial charge on any atom is 0.243 e. The second-order valence-electron chi connectivity index (χ2n) is 5.82. The number of anilines is 1. The van der Waals surface area contributed by atoms with Crippen molar-refractivity contribution in [2.24, 2.45) is 0 Å². The van der Waals surface area contributed by atoms with Gasteiger partial charge in [0.05, 0.1) is 17.2 Å². The Morgan fingerprint density at radius 2 is 1.74 bits per heavy atom. The number of aryl methyl sites for hydroxylation is 1. The molecule has 27 heavy (non-hydrogen) atoms. The lowest BCUT2D eigenvalue weighted by Gasteiger charge is -2.06. The lowest BCUT2D eigenvalue weighted by atomic mass is 10.2. The van der Waals surface area contributed by atoms with Gasteiger partial charge in [-0.25, -0.2) is 9.37 Å². The van der Waals surface area contributed by atoms with Crippen LogP contribution in [0.25, 0.3) is 11.3 Å². The molecule has 0 aliphatic rings. The van der Waals surface area contributed by atoms with Crippen LogP contribution in [0.1, 0.15) is 11.4 Å². The van der Waals surface area contributed by atoms with Gasteiger partial charge >= 0.3 is 0 Å². The summed E-state index contributed by atoms with van der Waals surface area (Å²) in [6, 6.07) is 15.2. The standard InChI is InChI=1S/C20H18FN3O2S/c21-15-8-6-14(7-9-15)17-13-27-20(24-17)11-10-18(25)22-12-19(26)23-16-4-2-1-3-5-16/h1-9,13H,10-12H2,(H,22,25)(H,23,26). The predicted molar refractivity (Wildman–Crippen MR) is 104 cm³/mol. The van der Waals surface area contributed by atoms with Gasteiger partial charge in [0.2, 0.25) is 11.8 Å². The summed E-state index contributed by atoms with van der Waals surface area (Å²) in [5.41, 5.74) is 2.28. The fraction of sp³-hybridized carbons (Fsp3) is 0.150. The molecule has 0 aliphatic carbocycles. The van der Waals surface area contributed by atoms with Gasteiger partial charge in [0.1, 0.15) is 5.82 Å². The zero-order valence-corrected chi connectivity index (χ0v) is 15.3. The Labute approximate surface area is 160 Å². The molecule has 0 saturated heterocycles. The molecule has 1 aromatic heterocycles. The highest BCUT2D eigenvalue weighted by Crippen LogP contribution is 2.22. The highest BCUT2D eigenvalue weighted by molar-refractivity contribution is 7.09. The molecule has 1 heterocycles. The average Bonchev–Trinajstić information content (AvgIpc) is 3.15. The van der Waals surface area contributed by atoms with Crippen molar-refractivity contribution in [2.45, 2.75) is 12.8 Å². The van der Waals surface area contributed by atoms with E-state index in [2.05, 4.69) is 15.6 Å². The molecule has 3 aromatic rings. The highest BCUT2D eigenvalue weighted by atomic mass is 32.1. The van der Waals surface area contributed by atoms with Gasteiger partial charge in [-0.15, -0.1) is 11.3 Å². The van der Waals surface area contributed by atoms with E-state index < -0.39 is 0 Å². The van der Waals surface area contributed by atoms with Crippen LogP contribution < -0.4 is 10.6 Å². The minimum absolute atomic E-state index is 0.0770. The van der Waals surface area contributed by atoms with Crippen molar-refractivity contribution in [3.05, 3.63) is 70.8 Å². The van der Waals surface area contributed by atoms with E-state index in [1.807, 2.05) is 23.6 Å². The first kappa shape index (κ1) is 18.7. The molecule has 0 spiro atoms. The largest absolute Gasteiger partial charge is 0.347 e. The lowest BCUT2D eigenvalue weighted by molar-refractivity contribution is -0.124. The fourth-order valence-corrected chi connectivity index (χ4v) is 3.20. The van der Waals surface area contributed by atoms with Gasteiger partial charge in [0, 0.05) is 29.5 Å². The van der Waals surface area contributed by atoms with Crippen molar-refractivity contribution in [3.8, 4) is 11.3 Å². The number of amides is 2. The fourth-order valence-electron chi connectivity index (χ4n) is 2.39. The number of carbonyl (C=O) groups is 2. The third kappa shape index (κ3) is 5.72. The summed E-state index contributed by atoms with van der Waals surface area (Å²) in [6.07, 6.45) is 0.729. The van der Waals surface area contributed by atoms with Crippen LogP contribution in [0.15, 0.2) is 60.0 Å². The molecule has 138 valence electrons. The van der Waals surface area contributed by atoms with E-state index in [0.717, 1.165) is 16.3 Å². The molecule has 0 saturated carbocycles. The summed E-state index contributed by atoms with van der Waals surface area (Å²) in [6.45, 7) is -0.0770. The zero-order valence-electron chi connectivity index (χ0n) is 14.4. The van der Waals surface area contributed by atoms with Gasteiger partial charge in [-0.1, -0.05) is 18.2 Å². The molecular weight excluding hydrogens is 365 g/mol. The van der Waals surface area contributed by atoms with Crippen molar-refractivity contribution in [1.82, 2.24) is 10.3 Å². The van der Waals surface area contributed by atoms with Gasteiger partial charge in [-0.2, -0.15) is 0 Å². The molecule has 0 aliphatic heterocycles. The third-order valence-corrected chi connectivity index (χ3v) is 4.67. The SMILES string of the molecule is O=C(CCc1nc(-c2ccc(F)cc2)cs1)NCC(=O)Nc1ccccc1. The van der Waals surface area contributed by atoms with Crippen LogP contribution in [0, 0.1) is 5.82 Å². The third-order valence-electron chi connectivity index (χ3n) is 3.76. The number of aromatic nitrogens is 1. The van der Waals surface area contributed by atoms with E-state index in [0.29, 0.717) is 12.1 Å². The zero-order chi connectivity index (χ0) is 19.1. The van der Waals surface area contributed by atoms with Crippen molar-refractivity contribution in [1.29, 1.82) is 0 Å². The second kappa shape index (κ2) is 9.05. The molecule has 2 amide bonds. The van der Waals surface area contributed by atoms with Gasteiger partial charge in [0.25, 0.3) is 0 Å². The van der Waals surface area contributed by atoms with E-state index in [-0.39, 0.29) is 30.6 Å². The van der Waals surface area contributed by atoms with Crippen LogP contribution in [0.4, 0.5) is 10.1 Å². The number of benzene rings is 2. The maximum atomic E-state index is 13.0. The van der Waals surface area contributed by atoms with Crippen molar-refractivity contribution < 1.29 is 14.0 Å². The molecule has 0 bridgehead atoms. The number of hydrogen-bond acceptors (Lipinski definition) is 4. The quantitative estimate of drug-likeness (QED) is 0.654. The summed E-state index contributed by atoms with van der Waals surface area (Å²) in [5.74, 6) is -0.777. The number of nitrogens with zero attached hydrogens (tertiary/aromatic N) is 1. The number of thiazole rings is 1. The first-order valence-corrected chi connectivity index (χ1v) is 9.30. The Balaban J connectivity index is 1.43. The number of para-hydroxylation sites is 1. The molecular formula is C20H18FN3O2S. The summed E-state index contributed by atoms with van der Waals surface area (Å²) in [4.78, 5) is 28.2. The van der Waals surface area contributed by atoms with Gasteiger partial charge in [0.15, 0.2) is 0 Å². The summed E-state index contributed by atoms with van der Waals surface area (Å²) < 4.78 is 13.0. The lowest BCUT2D eigenvalue weighted by Crippen LogP contribution is -2.32. The molecule has 2 N–H and O–H groups in total. The van der Waals surface area contributed by atoms with Gasteiger partial charge in [-0.05, 0) is 36.4 Å². The normalized spacial score (nSPS) is 10.4. The minimum atomic E-state index is -0.290. The first-order chi connectivity index (χ1) is 13.1. The van der Waals surface area contributed by atoms with Gasteiger partial charge in [-0.3, -0.25) is 9.59 Å². The monoisotopic (exact) mass is 383 g/mol. The second-order valence-corrected chi connectivity index (χ2v) is 6.77. The molecule has 0 unspecified atom stereocenters. The van der Waals surface area contributed by atoms with E-state index in [4.69, 9.17) is 0 Å². The van der Waals surface area contributed by atoms with E-state index in [1.54, 1.807) is 24.3 Å². The Bertz CT molecular complexity index is 910. The van der Waals surface area contributed by atoms with Crippen molar-refractivity contribution in [2.75, 3.05) is 11.9 Å². The summed E-state index contributed by atoms with van der Waals surface area (Å²) >= 11 is 1.45. The van der Waals surface area contributed by atoms with Crippen LogP contribution >= 0.6 is 11.3 Å². The minimum Gasteiger partial charge on any atom is -0.347 e. The predicted octanol–water partition coefficient (Wildman–Crippen LogP) is 3.64. The Morgan fingerprint density at radius 3 is 2.48 bits per heavy atom. The summed E-state index contributed by atoms with van der Waals surface area (Å²) in [5, 5.41) is 8.01. The number of halogens is 1. The molecule has 0 atom stereocenters. The molecule has 0 radical (unpaired) electrons. The smallest absolute Gasteiger partial charge is 0.243 e. The Hall–Kier alpha value is -3.06. The molecule has 2 aromatic carbocycles. The average molecular weight is 383 g/mol. The van der Waals surface area contributed by atoms with Crippen LogP contribution in [0.2, 0.25) is 0 Å². The number of carbonyl (C=O) groups excluding carboxylic acids is 2. The maximum absolute atomic E-state index is 13.0. The highest BCUT2D eigenvalue weighted by Gasteiger charge is 2.09.